The fourth-order valence-electron chi connectivity index (χ4n) is 3.36. The lowest BCUT2D eigenvalue weighted by atomic mass is 10.2. The van der Waals surface area contributed by atoms with Crippen LogP contribution >= 0.6 is 0 Å². The Bertz CT molecular complexity index is 910. The van der Waals surface area contributed by atoms with Crippen molar-refractivity contribution in [2.45, 2.75) is 6.54 Å². The van der Waals surface area contributed by atoms with E-state index >= 15 is 0 Å². The number of aromatic nitrogens is 3. The lowest BCUT2D eigenvalue weighted by molar-refractivity contribution is -0.915. The molecule has 0 radical (unpaired) electrons. The van der Waals surface area contributed by atoms with Crippen molar-refractivity contribution in [1.29, 1.82) is 0 Å². The fraction of sp³-hybridized carbons (Fsp3) is 0.250. The van der Waals surface area contributed by atoms with Crippen LogP contribution in [0.2, 0.25) is 0 Å². The van der Waals surface area contributed by atoms with Crippen LogP contribution in [0.1, 0.15) is 5.82 Å². The summed E-state index contributed by atoms with van der Waals surface area (Å²) < 4.78 is 13.1. The second kappa shape index (κ2) is 8.18. The third-order valence-electron chi connectivity index (χ3n) is 4.80. The average molecular weight is 380 g/mol. The molecular formula is C20H23FN7+. The third-order valence-corrected chi connectivity index (χ3v) is 4.80. The van der Waals surface area contributed by atoms with Crippen LogP contribution in [0.15, 0.2) is 54.6 Å². The number of benzene rings is 2. The molecular weight excluding hydrogens is 357 g/mol. The van der Waals surface area contributed by atoms with E-state index < -0.39 is 0 Å². The van der Waals surface area contributed by atoms with E-state index in [4.69, 9.17) is 5.73 Å². The van der Waals surface area contributed by atoms with Gasteiger partial charge in [-0.05, 0) is 36.4 Å². The second-order valence-corrected chi connectivity index (χ2v) is 6.81. The maximum absolute atomic E-state index is 13.1. The Kier molecular flexibility index (Phi) is 5.29. The molecule has 4 rings (SSSR count). The molecule has 8 heteroatoms. The molecule has 0 saturated carbocycles. The molecule has 144 valence electrons. The van der Waals surface area contributed by atoms with Gasteiger partial charge in [0.05, 0.1) is 26.2 Å². The van der Waals surface area contributed by atoms with Crippen molar-refractivity contribution in [3.05, 3.63) is 66.2 Å². The van der Waals surface area contributed by atoms with E-state index in [-0.39, 0.29) is 11.8 Å². The van der Waals surface area contributed by atoms with Gasteiger partial charge in [-0.25, -0.2) is 4.39 Å². The fourth-order valence-corrected chi connectivity index (χ4v) is 3.36. The lowest BCUT2D eigenvalue weighted by Gasteiger charge is -2.33. The first-order valence-corrected chi connectivity index (χ1v) is 9.32. The van der Waals surface area contributed by atoms with Crippen LogP contribution in [0, 0.1) is 5.82 Å². The molecule has 0 aliphatic carbocycles. The number of para-hydroxylation sites is 1. The summed E-state index contributed by atoms with van der Waals surface area (Å²) >= 11 is 0. The Hall–Kier alpha value is -3.26. The number of piperazine rings is 1. The number of hydrogen-bond acceptors (Lipinski definition) is 6. The molecule has 0 spiro atoms. The van der Waals surface area contributed by atoms with Crippen molar-refractivity contribution in [1.82, 2.24) is 15.0 Å². The Labute approximate surface area is 163 Å². The Morgan fingerprint density at radius 2 is 1.68 bits per heavy atom. The number of anilines is 4. The molecule has 1 aromatic heterocycles. The number of rotatable bonds is 5. The number of hydrogen-bond donors (Lipinski definition) is 3. The minimum Gasteiger partial charge on any atom is -0.368 e. The number of nitrogens with zero attached hydrogens (tertiary/aromatic N) is 4. The van der Waals surface area contributed by atoms with Gasteiger partial charge in [0, 0.05) is 11.4 Å². The minimum atomic E-state index is -0.292. The van der Waals surface area contributed by atoms with Crippen LogP contribution in [-0.4, -0.2) is 41.1 Å². The highest BCUT2D eigenvalue weighted by atomic mass is 19.1. The van der Waals surface area contributed by atoms with Gasteiger partial charge >= 0.3 is 0 Å². The zero-order valence-corrected chi connectivity index (χ0v) is 15.5. The highest BCUT2D eigenvalue weighted by molar-refractivity contribution is 5.53. The van der Waals surface area contributed by atoms with E-state index in [0.717, 1.165) is 26.2 Å². The second-order valence-electron chi connectivity index (χ2n) is 6.81. The van der Waals surface area contributed by atoms with E-state index in [1.807, 2.05) is 6.07 Å². The maximum Gasteiger partial charge on any atom is 0.232 e. The Morgan fingerprint density at radius 3 is 2.39 bits per heavy atom. The van der Waals surface area contributed by atoms with E-state index in [0.29, 0.717) is 24.0 Å². The van der Waals surface area contributed by atoms with E-state index in [9.17, 15) is 4.39 Å². The molecule has 1 fully saturated rings. The molecule has 0 bridgehead atoms. The topological polar surface area (TPSA) is 84.4 Å². The molecule has 1 aliphatic heterocycles. The highest BCUT2D eigenvalue weighted by Gasteiger charge is 2.21. The third kappa shape index (κ3) is 4.52. The van der Waals surface area contributed by atoms with E-state index in [1.54, 1.807) is 12.1 Å². The largest absolute Gasteiger partial charge is 0.368 e. The first-order chi connectivity index (χ1) is 13.7. The molecule has 1 aliphatic rings. The van der Waals surface area contributed by atoms with Gasteiger partial charge in [-0.15, -0.1) is 0 Å². The number of nitrogen functional groups attached to an aromatic ring is 1. The molecule has 4 N–H and O–H groups in total. The van der Waals surface area contributed by atoms with Crippen molar-refractivity contribution in [2.75, 3.05) is 42.1 Å². The van der Waals surface area contributed by atoms with Gasteiger partial charge in [0.15, 0.2) is 5.82 Å². The molecule has 1 saturated heterocycles. The summed E-state index contributed by atoms with van der Waals surface area (Å²) in [7, 11) is 0. The summed E-state index contributed by atoms with van der Waals surface area (Å²) in [4.78, 5) is 16.7. The van der Waals surface area contributed by atoms with Crippen molar-refractivity contribution >= 4 is 23.3 Å². The predicted octanol–water partition coefficient (Wildman–Crippen LogP) is 1.24. The number of quaternary nitrogens is 1. The number of halogens is 1. The summed E-state index contributed by atoms with van der Waals surface area (Å²) in [5.41, 5.74) is 7.82. The lowest BCUT2D eigenvalue weighted by Crippen LogP contribution is -3.13. The maximum atomic E-state index is 13.1. The van der Waals surface area contributed by atoms with Gasteiger partial charge in [0.25, 0.3) is 0 Å². The normalized spacial score (nSPS) is 14.8. The summed E-state index contributed by atoms with van der Waals surface area (Å²) in [6.07, 6.45) is 0. The van der Waals surface area contributed by atoms with Gasteiger partial charge in [0.1, 0.15) is 12.4 Å². The first kappa shape index (κ1) is 18.1. The van der Waals surface area contributed by atoms with Crippen molar-refractivity contribution < 1.29 is 9.29 Å². The average Bonchev–Trinajstić information content (AvgIpc) is 2.71. The predicted molar refractivity (Wildman–Crippen MR) is 107 cm³/mol. The minimum absolute atomic E-state index is 0.178. The van der Waals surface area contributed by atoms with Crippen molar-refractivity contribution in [2.24, 2.45) is 0 Å². The molecule has 7 nitrogen and oxygen atoms in total. The van der Waals surface area contributed by atoms with Crippen LogP contribution in [-0.2, 0) is 6.54 Å². The Balaban J connectivity index is 1.38. The van der Waals surface area contributed by atoms with Gasteiger partial charge in [-0.2, -0.15) is 15.0 Å². The van der Waals surface area contributed by atoms with Crippen LogP contribution in [0.3, 0.4) is 0 Å². The molecule has 2 aromatic carbocycles. The smallest absolute Gasteiger partial charge is 0.232 e. The molecule has 3 aromatic rings. The first-order valence-electron chi connectivity index (χ1n) is 9.32. The molecule has 0 atom stereocenters. The summed E-state index contributed by atoms with van der Waals surface area (Å²) in [5.74, 6) is 0.910. The van der Waals surface area contributed by atoms with Crippen LogP contribution in [0.4, 0.5) is 27.7 Å². The summed E-state index contributed by atoms with van der Waals surface area (Å²) in [6.45, 7) is 4.66. The number of nitrogens with two attached hydrogens (primary N) is 1. The quantitative estimate of drug-likeness (QED) is 0.618. The molecule has 0 amide bonds. The van der Waals surface area contributed by atoms with Gasteiger partial charge in [-0.3, -0.25) is 0 Å². The molecule has 0 unspecified atom stereocenters. The zero-order chi connectivity index (χ0) is 19.3. The van der Waals surface area contributed by atoms with E-state index in [2.05, 4.69) is 49.4 Å². The SMILES string of the molecule is Nc1nc(C[NH+]2CCN(c3ccccc3)CC2)nc(Nc2ccc(F)cc2)n1. The summed E-state index contributed by atoms with van der Waals surface area (Å²) in [5, 5.41) is 3.05. The van der Waals surface area contributed by atoms with Crippen molar-refractivity contribution in [3.8, 4) is 0 Å². The van der Waals surface area contributed by atoms with Crippen LogP contribution < -0.4 is 20.9 Å². The highest BCUT2D eigenvalue weighted by Crippen LogP contribution is 2.14. The van der Waals surface area contributed by atoms with Crippen molar-refractivity contribution in [3.63, 3.8) is 0 Å². The van der Waals surface area contributed by atoms with Crippen LogP contribution in [0.5, 0.6) is 0 Å². The van der Waals surface area contributed by atoms with Gasteiger partial charge in [-0.1, -0.05) is 18.2 Å². The molecule has 2 heterocycles. The van der Waals surface area contributed by atoms with Crippen LogP contribution in [0.25, 0.3) is 0 Å². The molecule has 28 heavy (non-hydrogen) atoms. The standard InChI is InChI=1S/C20H22FN7/c21-15-6-8-16(9-7-15)23-20-25-18(24-19(22)26-20)14-27-10-12-28(13-11-27)17-4-2-1-3-5-17/h1-9H,10-14H2,(H3,22,23,24,25,26)/p+1. The summed E-state index contributed by atoms with van der Waals surface area (Å²) in [6, 6.07) is 16.5. The number of nitrogens with one attached hydrogen (secondary N) is 2. The van der Waals surface area contributed by atoms with Gasteiger partial charge < -0.3 is 20.9 Å². The Morgan fingerprint density at radius 1 is 0.964 bits per heavy atom. The van der Waals surface area contributed by atoms with Gasteiger partial charge in [0.2, 0.25) is 11.9 Å². The monoisotopic (exact) mass is 380 g/mol. The zero-order valence-electron chi connectivity index (χ0n) is 15.5. The van der Waals surface area contributed by atoms with E-state index in [1.165, 1.54) is 22.7 Å².